The Kier molecular flexibility index (Phi) is 5.94. The van der Waals surface area contributed by atoms with Crippen molar-refractivity contribution < 1.29 is 9.18 Å². The molecule has 0 radical (unpaired) electrons. The third-order valence-electron chi connectivity index (χ3n) is 3.15. The zero-order valence-electron chi connectivity index (χ0n) is 11.7. The van der Waals surface area contributed by atoms with Crippen LogP contribution in [-0.4, -0.2) is 30.4 Å². The monoisotopic (exact) mass is 330 g/mol. The maximum absolute atomic E-state index is 13.0. The van der Waals surface area contributed by atoms with Gasteiger partial charge in [-0.2, -0.15) is 0 Å². The number of likely N-dealkylation sites (N-methyl/N-ethyl adjacent to an activating group) is 1. The maximum atomic E-state index is 13.0. The Labute approximate surface area is 122 Å². The van der Waals surface area contributed by atoms with Gasteiger partial charge < -0.3 is 4.90 Å². The molecule has 0 aliphatic carbocycles. The summed E-state index contributed by atoms with van der Waals surface area (Å²) in [6.07, 6.45) is 0. The number of hydrogen-bond donors (Lipinski definition) is 1. The fourth-order valence-electron chi connectivity index (χ4n) is 1.88. The van der Waals surface area contributed by atoms with Gasteiger partial charge in [0.05, 0.1) is 6.04 Å². The minimum Gasteiger partial charge on any atom is -0.345 e. The SMILES string of the molecule is CCN(C)C(=O)C(C)NC(C)c1ccc(F)cc1Br. The topological polar surface area (TPSA) is 32.3 Å². The van der Waals surface area contributed by atoms with Gasteiger partial charge in [-0.1, -0.05) is 22.0 Å². The summed E-state index contributed by atoms with van der Waals surface area (Å²) < 4.78 is 13.7. The number of carbonyl (C=O) groups excluding carboxylic acids is 1. The number of hydrogen-bond acceptors (Lipinski definition) is 2. The third-order valence-corrected chi connectivity index (χ3v) is 3.84. The van der Waals surface area contributed by atoms with E-state index in [1.54, 1.807) is 18.0 Å². The van der Waals surface area contributed by atoms with Gasteiger partial charge in [0, 0.05) is 24.1 Å². The van der Waals surface area contributed by atoms with Gasteiger partial charge in [-0.25, -0.2) is 4.39 Å². The Morgan fingerprint density at radius 3 is 2.63 bits per heavy atom. The van der Waals surface area contributed by atoms with Gasteiger partial charge >= 0.3 is 0 Å². The highest BCUT2D eigenvalue weighted by Gasteiger charge is 2.19. The fraction of sp³-hybridized carbons (Fsp3) is 0.500. The summed E-state index contributed by atoms with van der Waals surface area (Å²) in [7, 11) is 1.78. The van der Waals surface area contributed by atoms with Crippen molar-refractivity contribution in [3.05, 3.63) is 34.1 Å². The van der Waals surface area contributed by atoms with Crippen molar-refractivity contribution in [2.45, 2.75) is 32.9 Å². The van der Waals surface area contributed by atoms with Gasteiger partial charge in [0.15, 0.2) is 0 Å². The summed E-state index contributed by atoms with van der Waals surface area (Å²) in [5.41, 5.74) is 0.931. The van der Waals surface area contributed by atoms with E-state index in [0.29, 0.717) is 11.0 Å². The first kappa shape index (κ1) is 16.1. The predicted molar refractivity (Wildman–Crippen MR) is 78.4 cm³/mol. The standard InChI is InChI=1S/C14H20BrFN2O/c1-5-18(4)14(19)10(3)17-9(2)12-7-6-11(16)8-13(12)15/h6-10,17H,5H2,1-4H3. The Morgan fingerprint density at radius 1 is 1.47 bits per heavy atom. The summed E-state index contributed by atoms with van der Waals surface area (Å²) in [6, 6.07) is 4.25. The highest BCUT2D eigenvalue weighted by molar-refractivity contribution is 9.10. The molecule has 2 unspecified atom stereocenters. The second-order valence-electron chi connectivity index (χ2n) is 4.63. The summed E-state index contributed by atoms with van der Waals surface area (Å²) in [4.78, 5) is 13.6. The van der Waals surface area contributed by atoms with Crippen molar-refractivity contribution in [1.82, 2.24) is 10.2 Å². The second kappa shape index (κ2) is 7.01. The molecule has 0 bridgehead atoms. The molecule has 0 spiro atoms. The molecule has 0 aromatic heterocycles. The first-order chi connectivity index (χ1) is 8.86. The van der Waals surface area contributed by atoms with Crippen molar-refractivity contribution in [2.24, 2.45) is 0 Å². The summed E-state index contributed by atoms with van der Waals surface area (Å²) in [5.74, 6) is -0.231. The van der Waals surface area contributed by atoms with Gasteiger partial charge in [-0.15, -0.1) is 0 Å². The van der Waals surface area contributed by atoms with Crippen LogP contribution in [0.25, 0.3) is 0 Å². The maximum Gasteiger partial charge on any atom is 0.239 e. The molecule has 1 rings (SSSR count). The molecular formula is C14H20BrFN2O. The number of nitrogens with one attached hydrogen (secondary N) is 1. The molecule has 0 saturated carbocycles. The molecule has 0 saturated heterocycles. The van der Waals surface area contributed by atoms with Crippen LogP contribution in [0.15, 0.2) is 22.7 Å². The van der Waals surface area contributed by atoms with Crippen molar-refractivity contribution >= 4 is 21.8 Å². The zero-order valence-corrected chi connectivity index (χ0v) is 13.3. The molecule has 1 N–H and O–H groups in total. The molecule has 2 atom stereocenters. The highest BCUT2D eigenvalue weighted by atomic mass is 79.9. The Morgan fingerprint density at radius 2 is 2.11 bits per heavy atom. The van der Waals surface area contributed by atoms with E-state index in [1.165, 1.54) is 12.1 Å². The van der Waals surface area contributed by atoms with Crippen LogP contribution < -0.4 is 5.32 Å². The molecule has 1 aromatic rings. The molecule has 3 nitrogen and oxygen atoms in total. The van der Waals surface area contributed by atoms with Crippen LogP contribution in [0.5, 0.6) is 0 Å². The molecule has 5 heteroatoms. The molecule has 0 aliphatic heterocycles. The van der Waals surface area contributed by atoms with Crippen LogP contribution in [0.1, 0.15) is 32.4 Å². The molecule has 0 aliphatic rings. The van der Waals surface area contributed by atoms with Crippen LogP contribution in [0.3, 0.4) is 0 Å². The lowest BCUT2D eigenvalue weighted by molar-refractivity contribution is -0.131. The highest BCUT2D eigenvalue weighted by Crippen LogP contribution is 2.24. The number of carbonyl (C=O) groups is 1. The van der Waals surface area contributed by atoms with Crippen LogP contribution in [-0.2, 0) is 4.79 Å². The lowest BCUT2D eigenvalue weighted by Gasteiger charge is -2.24. The molecule has 19 heavy (non-hydrogen) atoms. The van der Waals surface area contributed by atoms with Crippen molar-refractivity contribution in [3.63, 3.8) is 0 Å². The van der Waals surface area contributed by atoms with Crippen LogP contribution in [0, 0.1) is 5.82 Å². The zero-order chi connectivity index (χ0) is 14.6. The average Bonchev–Trinajstić information content (AvgIpc) is 2.36. The van der Waals surface area contributed by atoms with E-state index in [-0.39, 0.29) is 23.8 Å². The average molecular weight is 331 g/mol. The quantitative estimate of drug-likeness (QED) is 0.899. The van der Waals surface area contributed by atoms with Crippen LogP contribution in [0.4, 0.5) is 4.39 Å². The molecule has 1 aromatic carbocycles. The number of amides is 1. The van der Waals surface area contributed by atoms with Gasteiger partial charge in [0.2, 0.25) is 5.91 Å². The van der Waals surface area contributed by atoms with Gasteiger partial charge in [0.25, 0.3) is 0 Å². The molecule has 1 amide bonds. The van der Waals surface area contributed by atoms with Gasteiger partial charge in [-0.3, -0.25) is 10.1 Å². The molecular weight excluding hydrogens is 311 g/mol. The first-order valence-electron chi connectivity index (χ1n) is 6.32. The van der Waals surface area contributed by atoms with E-state index in [9.17, 15) is 9.18 Å². The van der Waals surface area contributed by atoms with Crippen LogP contribution >= 0.6 is 15.9 Å². The second-order valence-corrected chi connectivity index (χ2v) is 5.48. The molecule has 0 heterocycles. The first-order valence-corrected chi connectivity index (χ1v) is 7.12. The van der Waals surface area contributed by atoms with E-state index < -0.39 is 0 Å². The molecule has 0 fully saturated rings. The molecule has 106 valence electrons. The lowest BCUT2D eigenvalue weighted by Crippen LogP contribution is -2.43. The largest absolute Gasteiger partial charge is 0.345 e. The summed E-state index contributed by atoms with van der Waals surface area (Å²) >= 11 is 3.34. The van der Waals surface area contributed by atoms with Crippen molar-refractivity contribution in [2.75, 3.05) is 13.6 Å². The minimum atomic E-state index is -0.281. The Bertz CT molecular complexity index is 453. The summed E-state index contributed by atoms with van der Waals surface area (Å²) in [6.45, 7) is 6.40. The number of nitrogens with zero attached hydrogens (tertiary/aromatic N) is 1. The predicted octanol–water partition coefficient (Wildman–Crippen LogP) is 3.11. The van der Waals surface area contributed by atoms with E-state index in [4.69, 9.17) is 0 Å². The third kappa shape index (κ3) is 4.28. The minimum absolute atomic E-state index is 0.0424. The van der Waals surface area contributed by atoms with E-state index in [0.717, 1.165) is 5.56 Å². The van der Waals surface area contributed by atoms with E-state index in [1.807, 2.05) is 20.8 Å². The fourth-order valence-corrected chi connectivity index (χ4v) is 2.57. The van der Waals surface area contributed by atoms with E-state index >= 15 is 0 Å². The number of halogens is 2. The number of rotatable bonds is 5. The van der Waals surface area contributed by atoms with Crippen molar-refractivity contribution in [3.8, 4) is 0 Å². The smallest absolute Gasteiger partial charge is 0.239 e. The van der Waals surface area contributed by atoms with E-state index in [2.05, 4.69) is 21.2 Å². The van der Waals surface area contributed by atoms with Gasteiger partial charge in [-0.05, 0) is 38.5 Å². The van der Waals surface area contributed by atoms with Gasteiger partial charge in [0.1, 0.15) is 5.82 Å². The van der Waals surface area contributed by atoms with Crippen molar-refractivity contribution in [1.29, 1.82) is 0 Å². The van der Waals surface area contributed by atoms with Crippen LogP contribution in [0.2, 0.25) is 0 Å². The Balaban J connectivity index is 2.74. The Hall–Kier alpha value is -0.940. The summed E-state index contributed by atoms with van der Waals surface area (Å²) in [5, 5.41) is 3.23. The number of benzene rings is 1. The normalized spacial score (nSPS) is 14.0. The lowest BCUT2D eigenvalue weighted by atomic mass is 10.1.